The van der Waals surface area contributed by atoms with E-state index >= 15 is 0 Å². The Morgan fingerprint density at radius 1 is 1.27 bits per heavy atom. The maximum Gasteiger partial charge on any atom is 0.355 e. The van der Waals surface area contributed by atoms with Gasteiger partial charge < -0.3 is 9.30 Å². The van der Waals surface area contributed by atoms with Crippen molar-refractivity contribution in [3.05, 3.63) is 47.5 Å². The third-order valence-corrected chi connectivity index (χ3v) is 3.55. The summed E-state index contributed by atoms with van der Waals surface area (Å²) < 4.78 is 6.70. The molecule has 1 aromatic carbocycles. The number of carbonyl (C=O) groups is 1. The van der Waals surface area contributed by atoms with Crippen molar-refractivity contribution < 1.29 is 9.53 Å². The van der Waals surface area contributed by atoms with Crippen LogP contribution in [-0.2, 0) is 11.8 Å². The van der Waals surface area contributed by atoms with Crippen LogP contribution < -0.4 is 0 Å². The number of rotatable bonds is 2. The zero-order chi connectivity index (χ0) is 15.0. The number of benzene rings is 1. The predicted molar refractivity (Wildman–Crippen MR) is 87.0 cm³/mol. The van der Waals surface area contributed by atoms with E-state index in [0.717, 1.165) is 10.9 Å². The lowest BCUT2D eigenvalue weighted by Gasteiger charge is -2.05. The van der Waals surface area contributed by atoms with Gasteiger partial charge in [0, 0.05) is 29.7 Å². The van der Waals surface area contributed by atoms with Crippen LogP contribution in [0.3, 0.4) is 0 Å². The number of aromatic nitrogens is 3. The lowest BCUT2D eigenvalue weighted by atomic mass is 10.1. The van der Waals surface area contributed by atoms with E-state index in [2.05, 4.69) is 9.97 Å². The molecule has 0 bridgehead atoms. The molecule has 2 aromatic heterocycles. The van der Waals surface area contributed by atoms with Gasteiger partial charge in [0.25, 0.3) is 0 Å². The van der Waals surface area contributed by atoms with Crippen molar-refractivity contribution >= 4 is 28.5 Å². The second-order valence-electron chi connectivity index (χ2n) is 4.50. The van der Waals surface area contributed by atoms with Crippen LogP contribution in [0.1, 0.15) is 17.9 Å². The van der Waals surface area contributed by atoms with Crippen LogP contribution in [-0.4, -0.2) is 27.6 Å². The van der Waals surface area contributed by atoms with Crippen LogP contribution in [0.5, 0.6) is 0 Å². The monoisotopic (exact) mass is 317 g/mol. The highest BCUT2D eigenvalue weighted by molar-refractivity contribution is 6.28. The lowest BCUT2D eigenvalue weighted by molar-refractivity contribution is 0.0591. The number of nitrogens with zero attached hydrogens (tertiary/aromatic N) is 3. The Hall–Kier alpha value is -2.40. The topological polar surface area (TPSA) is 57.0 Å². The van der Waals surface area contributed by atoms with Gasteiger partial charge in [-0.2, -0.15) is 0 Å². The third kappa shape index (κ3) is 2.44. The summed E-state index contributed by atoms with van der Waals surface area (Å²) in [6.07, 6.45) is 1.56. The van der Waals surface area contributed by atoms with Crippen molar-refractivity contribution in [2.45, 2.75) is 7.43 Å². The van der Waals surface area contributed by atoms with E-state index in [-0.39, 0.29) is 12.7 Å². The molecule has 0 aliphatic heterocycles. The Morgan fingerprint density at radius 2 is 2.00 bits per heavy atom. The van der Waals surface area contributed by atoms with Gasteiger partial charge in [0.15, 0.2) is 0 Å². The minimum atomic E-state index is -0.418. The van der Waals surface area contributed by atoms with Gasteiger partial charge in [-0.3, -0.25) is 0 Å². The molecule has 114 valence electrons. The van der Waals surface area contributed by atoms with Crippen molar-refractivity contribution in [3.63, 3.8) is 0 Å². The van der Waals surface area contributed by atoms with E-state index in [4.69, 9.17) is 16.3 Å². The minimum Gasteiger partial charge on any atom is -0.464 e. The average Bonchev–Trinajstić information content (AvgIpc) is 2.80. The van der Waals surface area contributed by atoms with E-state index in [1.165, 1.54) is 7.11 Å². The molecule has 2 heterocycles. The molecular weight excluding hydrogens is 302 g/mol. The second kappa shape index (κ2) is 6.15. The number of para-hydroxylation sites is 1. The SMILES string of the molecule is C.COC(=O)c1c(-c2ccnc(Cl)n2)c2ccccc2n1C. The fourth-order valence-corrected chi connectivity index (χ4v) is 2.61. The highest BCUT2D eigenvalue weighted by Crippen LogP contribution is 2.33. The molecule has 3 aromatic rings. The zero-order valence-electron chi connectivity index (χ0n) is 11.5. The number of ether oxygens (including phenoxy) is 1. The van der Waals surface area contributed by atoms with Crippen LogP contribution in [0.25, 0.3) is 22.2 Å². The Kier molecular flexibility index (Phi) is 4.47. The molecule has 0 spiro atoms. The summed E-state index contributed by atoms with van der Waals surface area (Å²) >= 11 is 5.87. The van der Waals surface area contributed by atoms with Gasteiger partial charge in [-0.05, 0) is 23.7 Å². The van der Waals surface area contributed by atoms with E-state index < -0.39 is 5.97 Å². The summed E-state index contributed by atoms with van der Waals surface area (Å²) in [5.74, 6) is -0.418. The van der Waals surface area contributed by atoms with E-state index in [9.17, 15) is 4.79 Å². The molecule has 3 rings (SSSR count). The van der Waals surface area contributed by atoms with E-state index in [1.807, 2.05) is 31.3 Å². The lowest BCUT2D eigenvalue weighted by Crippen LogP contribution is -2.09. The van der Waals surface area contributed by atoms with Crippen molar-refractivity contribution in [1.82, 2.24) is 14.5 Å². The summed E-state index contributed by atoms with van der Waals surface area (Å²) in [6, 6.07) is 9.43. The van der Waals surface area contributed by atoms with Crippen LogP contribution in [0.4, 0.5) is 0 Å². The van der Waals surface area contributed by atoms with Gasteiger partial charge in [0.2, 0.25) is 5.28 Å². The second-order valence-corrected chi connectivity index (χ2v) is 4.84. The van der Waals surface area contributed by atoms with Gasteiger partial charge in [-0.25, -0.2) is 14.8 Å². The average molecular weight is 318 g/mol. The number of esters is 1. The third-order valence-electron chi connectivity index (χ3n) is 3.37. The van der Waals surface area contributed by atoms with Crippen molar-refractivity contribution in [2.75, 3.05) is 7.11 Å². The largest absolute Gasteiger partial charge is 0.464 e. The maximum atomic E-state index is 12.2. The molecule has 0 radical (unpaired) electrons. The number of carbonyl (C=O) groups excluding carboxylic acids is 1. The molecule has 0 saturated carbocycles. The van der Waals surface area contributed by atoms with Gasteiger partial charge >= 0.3 is 5.97 Å². The molecule has 0 fully saturated rings. The van der Waals surface area contributed by atoms with Gasteiger partial charge in [0.1, 0.15) is 5.69 Å². The van der Waals surface area contributed by atoms with Crippen molar-refractivity contribution in [1.29, 1.82) is 0 Å². The fraction of sp³-hybridized carbons (Fsp3) is 0.188. The quantitative estimate of drug-likeness (QED) is 0.534. The molecule has 0 aliphatic carbocycles. The summed E-state index contributed by atoms with van der Waals surface area (Å²) in [4.78, 5) is 20.3. The number of methoxy groups -OCH3 is 1. The Bertz CT molecular complexity index is 843. The summed E-state index contributed by atoms with van der Waals surface area (Å²) in [6.45, 7) is 0. The molecule has 22 heavy (non-hydrogen) atoms. The Balaban J connectivity index is 0.00000176. The van der Waals surface area contributed by atoms with Crippen LogP contribution in [0, 0.1) is 0 Å². The normalized spacial score (nSPS) is 10.3. The smallest absolute Gasteiger partial charge is 0.355 e. The van der Waals surface area contributed by atoms with E-state index in [1.54, 1.807) is 16.8 Å². The van der Waals surface area contributed by atoms with Crippen LogP contribution in [0.15, 0.2) is 36.5 Å². The first-order chi connectivity index (χ1) is 10.1. The van der Waals surface area contributed by atoms with Crippen molar-refractivity contribution in [3.8, 4) is 11.3 Å². The number of fused-ring (bicyclic) bond motifs is 1. The number of hydrogen-bond donors (Lipinski definition) is 0. The molecule has 0 saturated heterocycles. The van der Waals surface area contributed by atoms with E-state index in [0.29, 0.717) is 17.0 Å². The molecule has 0 atom stereocenters. The Morgan fingerprint density at radius 3 is 2.68 bits per heavy atom. The molecule has 0 unspecified atom stereocenters. The predicted octanol–water partition coefficient (Wildman–Crippen LogP) is 3.71. The first-order valence-electron chi connectivity index (χ1n) is 6.28. The van der Waals surface area contributed by atoms with Crippen LogP contribution >= 0.6 is 11.6 Å². The zero-order valence-corrected chi connectivity index (χ0v) is 12.3. The highest BCUT2D eigenvalue weighted by atomic mass is 35.5. The molecule has 0 N–H and O–H groups in total. The minimum absolute atomic E-state index is 0. The molecule has 0 amide bonds. The summed E-state index contributed by atoms with van der Waals surface area (Å²) in [5, 5.41) is 1.05. The molecule has 5 nitrogen and oxygen atoms in total. The number of aryl methyl sites for hydroxylation is 1. The fourth-order valence-electron chi connectivity index (χ4n) is 2.46. The first kappa shape index (κ1) is 16.0. The molecule has 6 heteroatoms. The Labute approximate surface area is 133 Å². The maximum absolute atomic E-state index is 12.2. The summed E-state index contributed by atoms with van der Waals surface area (Å²) in [5.41, 5.74) is 2.65. The standard InChI is InChI=1S/C15H12ClN3O2.CH4/c1-19-11-6-4-3-5-9(11)12(13(19)14(20)21-2)10-7-8-17-15(16)18-10;/h3-8H,1-2H3;1H4. The summed E-state index contributed by atoms with van der Waals surface area (Å²) in [7, 11) is 3.18. The van der Waals surface area contributed by atoms with Gasteiger partial charge in [-0.1, -0.05) is 25.6 Å². The van der Waals surface area contributed by atoms with Gasteiger partial charge in [0.05, 0.1) is 12.8 Å². The highest BCUT2D eigenvalue weighted by Gasteiger charge is 2.23. The molecular formula is C16H16ClN3O2. The van der Waals surface area contributed by atoms with Crippen LogP contribution in [0.2, 0.25) is 5.28 Å². The number of halogens is 1. The van der Waals surface area contributed by atoms with Gasteiger partial charge in [-0.15, -0.1) is 0 Å². The number of hydrogen-bond acceptors (Lipinski definition) is 4. The molecule has 0 aliphatic rings. The first-order valence-corrected chi connectivity index (χ1v) is 6.66. The van der Waals surface area contributed by atoms with Crippen molar-refractivity contribution in [2.24, 2.45) is 7.05 Å².